The SMILES string of the molecule is O=P(O)(O)CC12CCC(NS(=O)(=O)C3CC3)(CC1)CC2. The van der Waals surface area contributed by atoms with E-state index in [0.717, 1.165) is 12.8 Å². The molecule has 0 aromatic carbocycles. The van der Waals surface area contributed by atoms with Gasteiger partial charge in [-0.3, -0.25) is 4.57 Å². The van der Waals surface area contributed by atoms with Crippen molar-refractivity contribution < 1.29 is 22.8 Å². The number of nitrogens with one attached hydrogen (secondary N) is 1. The van der Waals surface area contributed by atoms with E-state index in [1.165, 1.54) is 0 Å². The highest BCUT2D eigenvalue weighted by Crippen LogP contribution is 2.58. The minimum Gasteiger partial charge on any atom is -0.324 e. The third-order valence-corrected chi connectivity index (χ3v) is 8.41. The first kappa shape index (κ1) is 15.0. The van der Waals surface area contributed by atoms with E-state index in [0.29, 0.717) is 38.5 Å². The maximum absolute atomic E-state index is 12.1. The van der Waals surface area contributed by atoms with Crippen LogP contribution in [0.1, 0.15) is 51.4 Å². The molecule has 4 aliphatic carbocycles. The molecule has 3 N–H and O–H groups in total. The molecule has 8 heteroatoms. The van der Waals surface area contributed by atoms with Gasteiger partial charge in [-0.05, 0) is 56.8 Å². The van der Waals surface area contributed by atoms with Crippen molar-refractivity contribution in [1.82, 2.24) is 4.72 Å². The van der Waals surface area contributed by atoms with Gasteiger partial charge in [0.25, 0.3) is 0 Å². The molecule has 0 aliphatic heterocycles. The Morgan fingerprint density at radius 1 is 1.05 bits per heavy atom. The first-order valence-corrected chi connectivity index (χ1v) is 10.6. The van der Waals surface area contributed by atoms with E-state index in [-0.39, 0.29) is 22.4 Å². The number of fused-ring (bicyclic) bond motifs is 3. The number of hydrogen-bond acceptors (Lipinski definition) is 3. The molecule has 4 fully saturated rings. The average Bonchev–Trinajstić information content (AvgIpc) is 3.12. The Morgan fingerprint density at radius 2 is 1.55 bits per heavy atom. The van der Waals surface area contributed by atoms with E-state index in [2.05, 4.69) is 4.72 Å². The second-order valence-corrected chi connectivity index (χ2v) is 10.6. The molecule has 2 bridgehead atoms. The number of rotatable bonds is 5. The molecule has 4 rings (SSSR count). The summed E-state index contributed by atoms with van der Waals surface area (Å²) >= 11 is 0. The Hall–Kier alpha value is 0.0600. The molecule has 0 radical (unpaired) electrons. The van der Waals surface area contributed by atoms with Crippen LogP contribution in [0.25, 0.3) is 0 Å². The summed E-state index contributed by atoms with van der Waals surface area (Å²) in [5.41, 5.74) is -0.621. The standard InChI is InChI=1S/C12H22NO5PS/c14-19(15,16)9-11-3-6-12(7-4-11,8-5-11)13-20(17,18)10-1-2-10/h10,13H,1-9H2,(H2,14,15,16). The van der Waals surface area contributed by atoms with Crippen molar-refractivity contribution in [3.05, 3.63) is 0 Å². The van der Waals surface area contributed by atoms with Crippen molar-refractivity contribution in [3.63, 3.8) is 0 Å². The third kappa shape index (κ3) is 2.97. The van der Waals surface area contributed by atoms with Gasteiger partial charge >= 0.3 is 7.60 Å². The first-order chi connectivity index (χ1) is 9.14. The Bertz CT molecular complexity index is 526. The van der Waals surface area contributed by atoms with Crippen LogP contribution in [0.3, 0.4) is 0 Å². The summed E-state index contributed by atoms with van der Waals surface area (Å²) in [5, 5.41) is -0.208. The third-order valence-electron chi connectivity index (χ3n) is 5.27. The van der Waals surface area contributed by atoms with Gasteiger partial charge in [-0.1, -0.05) is 0 Å². The molecular weight excluding hydrogens is 301 g/mol. The van der Waals surface area contributed by atoms with Crippen LogP contribution in [0.4, 0.5) is 0 Å². The van der Waals surface area contributed by atoms with E-state index in [1.807, 2.05) is 0 Å². The Morgan fingerprint density at radius 3 is 1.95 bits per heavy atom. The summed E-state index contributed by atoms with van der Waals surface area (Å²) in [7, 11) is -7.19. The summed E-state index contributed by atoms with van der Waals surface area (Å²) in [6, 6.07) is 0. The summed E-state index contributed by atoms with van der Waals surface area (Å²) in [6.07, 6.45) is 5.73. The van der Waals surface area contributed by atoms with Gasteiger partial charge in [0.1, 0.15) is 0 Å². The molecule has 0 aromatic rings. The van der Waals surface area contributed by atoms with Crippen molar-refractivity contribution >= 4 is 17.6 Å². The van der Waals surface area contributed by atoms with E-state index in [9.17, 15) is 22.8 Å². The lowest BCUT2D eigenvalue weighted by Gasteiger charge is -2.53. The molecule has 0 spiro atoms. The molecule has 0 aromatic heterocycles. The molecule has 116 valence electrons. The average molecular weight is 323 g/mol. The summed E-state index contributed by atoms with van der Waals surface area (Å²) in [6.45, 7) is 0. The van der Waals surface area contributed by atoms with Crippen molar-refractivity contribution in [2.45, 2.75) is 62.2 Å². The fraction of sp³-hybridized carbons (Fsp3) is 1.00. The summed E-state index contributed by atoms with van der Waals surface area (Å²) < 4.78 is 38.4. The molecule has 4 saturated carbocycles. The van der Waals surface area contributed by atoms with Crippen LogP contribution in [0, 0.1) is 5.41 Å². The zero-order valence-electron chi connectivity index (χ0n) is 11.4. The molecule has 0 amide bonds. The molecule has 6 nitrogen and oxygen atoms in total. The lowest BCUT2D eigenvalue weighted by Crippen LogP contribution is -2.57. The van der Waals surface area contributed by atoms with Gasteiger partial charge in [-0.15, -0.1) is 0 Å². The highest BCUT2D eigenvalue weighted by atomic mass is 32.2. The highest BCUT2D eigenvalue weighted by molar-refractivity contribution is 7.90. The van der Waals surface area contributed by atoms with Crippen LogP contribution < -0.4 is 4.72 Å². The summed E-state index contributed by atoms with van der Waals surface area (Å²) in [5.74, 6) is 0. The minimum absolute atomic E-state index is 0.0501. The van der Waals surface area contributed by atoms with Gasteiger partial charge in [-0.2, -0.15) is 0 Å². The normalized spacial score (nSPS) is 38.1. The van der Waals surface area contributed by atoms with Crippen LogP contribution >= 0.6 is 7.60 Å². The molecule has 4 aliphatic rings. The second-order valence-electron chi connectivity index (χ2n) is 6.95. The number of sulfonamides is 1. The van der Waals surface area contributed by atoms with Crippen LogP contribution in [0.15, 0.2) is 0 Å². The first-order valence-electron chi connectivity index (χ1n) is 7.21. The predicted molar refractivity (Wildman–Crippen MR) is 74.9 cm³/mol. The molecular formula is C12H22NO5PS. The molecule has 0 saturated heterocycles. The van der Waals surface area contributed by atoms with Crippen molar-refractivity contribution in [1.29, 1.82) is 0 Å². The monoisotopic (exact) mass is 323 g/mol. The van der Waals surface area contributed by atoms with Gasteiger partial charge in [0, 0.05) is 5.54 Å². The highest BCUT2D eigenvalue weighted by Gasteiger charge is 2.53. The van der Waals surface area contributed by atoms with Crippen LogP contribution in [0.5, 0.6) is 0 Å². The summed E-state index contributed by atoms with van der Waals surface area (Å²) in [4.78, 5) is 18.4. The molecule has 20 heavy (non-hydrogen) atoms. The fourth-order valence-corrected chi connectivity index (χ4v) is 7.04. The van der Waals surface area contributed by atoms with E-state index in [4.69, 9.17) is 0 Å². The zero-order valence-corrected chi connectivity index (χ0v) is 13.1. The lowest BCUT2D eigenvalue weighted by atomic mass is 9.58. The maximum Gasteiger partial charge on any atom is 0.326 e. The number of hydrogen-bond donors (Lipinski definition) is 3. The predicted octanol–water partition coefficient (Wildman–Crippen LogP) is 1.34. The van der Waals surface area contributed by atoms with E-state index >= 15 is 0 Å². The second kappa shape index (κ2) is 4.53. The van der Waals surface area contributed by atoms with Gasteiger partial charge in [0.15, 0.2) is 0 Å². The quantitative estimate of drug-likeness (QED) is 0.662. The van der Waals surface area contributed by atoms with Gasteiger partial charge < -0.3 is 9.79 Å². The lowest BCUT2D eigenvalue weighted by molar-refractivity contribution is 0.0495. The minimum atomic E-state index is -4.00. The van der Waals surface area contributed by atoms with Gasteiger partial charge in [0.05, 0.1) is 11.4 Å². The molecule has 0 unspecified atom stereocenters. The van der Waals surface area contributed by atoms with Crippen molar-refractivity contribution in [2.24, 2.45) is 5.41 Å². The Labute approximate surface area is 119 Å². The van der Waals surface area contributed by atoms with Crippen LogP contribution in [0.2, 0.25) is 0 Å². The van der Waals surface area contributed by atoms with Crippen molar-refractivity contribution in [2.75, 3.05) is 6.16 Å². The Kier molecular flexibility index (Phi) is 3.39. The topological polar surface area (TPSA) is 104 Å². The fourth-order valence-electron chi connectivity index (χ4n) is 3.85. The molecule has 0 heterocycles. The van der Waals surface area contributed by atoms with Crippen molar-refractivity contribution in [3.8, 4) is 0 Å². The van der Waals surface area contributed by atoms with Gasteiger partial charge in [0.2, 0.25) is 10.0 Å². The van der Waals surface area contributed by atoms with Crippen LogP contribution in [-0.2, 0) is 14.6 Å². The zero-order chi connectivity index (χ0) is 14.6. The maximum atomic E-state index is 12.1. The van der Waals surface area contributed by atoms with Gasteiger partial charge in [-0.25, -0.2) is 13.1 Å². The smallest absolute Gasteiger partial charge is 0.324 e. The van der Waals surface area contributed by atoms with E-state index in [1.54, 1.807) is 0 Å². The molecule has 0 atom stereocenters. The Balaban J connectivity index is 1.69. The largest absolute Gasteiger partial charge is 0.326 e. The van der Waals surface area contributed by atoms with E-state index < -0.39 is 17.6 Å². The van der Waals surface area contributed by atoms with Crippen LogP contribution in [-0.4, -0.2) is 35.2 Å².